The topological polar surface area (TPSA) is 46.3 Å². The molecule has 0 unspecified atom stereocenters. The van der Waals surface area contributed by atoms with E-state index in [0.29, 0.717) is 5.69 Å². The third-order valence-corrected chi connectivity index (χ3v) is 4.15. The van der Waals surface area contributed by atoms with Crippen molar-refractivity contribution >= 4 is 17.3 Å². The van der Waals surface area contributed by atoms with Gasteiger partial charge in [0.15, 0.2) is 0 Å². The minimum Gasteiger partial charge on any atom is -0.397 e. The van der Waals surface area contributed by atoms with Crippen LogP contribution in [0.5, 0.6) is 0 Å². The number of carbonyl (C=O) groups excluding carboxylic acids is 1. The molecule has 3 heteroatoms. The van der Waals surface area contributed by atoms with Crippen molar-refractivity contribution in [3.05, 3.63) is 24.3 Å². The average molecular weight is 274 g/mol. The van der Waals surface area contributed by atoms with E-state index in [1.807, 2.05) is 29.2 Å². The van der Waals surface area contributed by atoms with Crippen LogP contribution in [-0.4, -0.2) is 12.5 Å². The first-order chi connectivity index (χ1) is 9.74. The van der Waals surface area contributed by atoms with E-state index in [2.05, 4.69) is 6.92 Å². The molecular weight excluding hydrogens is 248 g/mol. The summed E-state index contributed by atoms with van der Waals surface area (Å²) in [7, 11) is 0. The maximum Gasteiger partial charge on any atom is 0.230 e. The molecule has 0 radical (unpaired) electrons. The lowest BCUT2D eigenvalue weighted by Gasteiger charge is -2.27. The molecule has 1 saturated carbocycles. The van der Waals surface area contributed by atoms with Crippen molar-refractivity contribution in [2.24, 2.45) is 5.92 Å². The van der Waals surface area contributed by atoms with Gasteiger partial charge in [-0.15, -0.1) is 0 Å². The Morgan fingerprint density at radius 2 is 1.85 bits per heavy atom. The summed E-state index contributed by atoms with van der Waals surface area (Å²) in [5.41, 5.74) is 7.63. The first-order valence-corrected chi connectivity index (χ1v) is 7.90. The van der Waals surface area contributed by atoms with Gasteiger partial charge in [0.25, 0.3) is 0 Å². The Morgan fingerprint density at radius 1 is 1.20 bits per heavy atom. The van der Waals surface area contributed by atoms with Crippen LogP contribution in [0.25, 0.3) is 0 Å². The number of rotatable bonds is 4. The molecule has 0 spiro atoms. The third kappa shape index (κ3) is 3.53. The normalized spacial score (nSPS) is 16.6. The van der Waals surface area contributed by atoms with Crippen molar-refractivity contribution in [1.29, 1.82) is 0 Å². The van der Waals surface area contributed by atoms with Crippen LogP contribution in [-0.2, 0) is 4.79 Å². The Balaban J connectivity index is 2.19. The van der Waals surface area contributed by atoms with Crippen molar-refractivity contribution < 1.29 is 4.79 Å². The zero-order valence-corrected chi connectivity index (χ0v) is 12.5. The molecule has 0 heterocycles. The number of hydrogen-bond acceptors (Lipinski definition) is 2. The van der Waals surface area contributed by atoms with Gasteiger partial charge in [0.2, 0.25) is 5.91 Å². The fourth-order valence-electron chi connectivity index (χ4n) is 3.05. The summed E-state index contributed by atoms with van der Waals surface area (Å²) >= 11 is 0. The van der Waals surface area contributed by atoms with Gasteiger partial charge in [-0.05, 0) is 31.4 Å². The predicted octanol–water partition coefficient (Wildman–Crippen LogP) is 3.98. The lowest BCUT2D eigenvalue weighted by Crippen LogP contribution is -2.37. The van der Waals surface area contributed by atoms with Gasteiger partial charge in [0.05, 0.1) is 11.4 Å². The van der Waals surface area contributed by atoms with Gasteiger partial charge in [0, 0.05) is 12.5 Å². The van der Waals surface area contributed by atoms with E-state index in [1.165, 1.54) is 25.7 Å². The van der Waals surface area contributed by atoms with Gasteiger partial charge >= 0.3 is 0 Å². The van der Waals surface area contributed by atoms with Gasteiger partial charge in [0.1, 0.15) is 0 Å². The Morgan fingerprint density at radius 3 is 2.45 bits per heavy atom. The molecular formula is C17H26N2O. The zero-order chi connectivity index (χ0) is 14.4. The smallest absolute Gasteiger partial charge is 0.230 e. The van der Waals surface area contributed by atoms with Crippen LogP contribution < -0.4 is 10.6 Å². The largest absolute Gasteiger partial charge is 0.397 e. The van der Waals surface area contributed by atoms with Gasteiger partial charge in [-0.25, -0.2) is 0 Å². The van der Waals surface area contributed by atoms with E-state index in [0.717, 1.165) is 31.5 Å². The van der Waals surface area contributed by atoms with Crippen LogP contribution >= 0.6 is 0 Å². The molecule has 1 aliphatic rings. The zero-order valence-electron chi connectivity index (χ0n) is 12.5. The summed E-state index contributed by atoms with van der Waals surface area (Å²) < 4.78 is 0. The third-order valence-electron chi connectivity index (χ3n) is 4.15. The highest BCUT2D eigenvalue weighted by Gasteiger charge is 2.26. The molecule has 0 aliphatic heterocycles. The molecule has 20 heavy (non-hydrogen) atoms. The van der Waals surface area contributed by atoms with Gasteiger partial charge in [-0.1, -0.05) is 44.7 Å². The summed E-state index contributed by atoms with van der Waals surface area (Å²) in [6.45, 7) is 2.86. The Hall–Kier alpha value is -1.51. The lowest BCUT2D eigenvalue weighted by molar-refractivity contribution is -0.122. The molecule has 0 bridgehead atoms. The quantitative estimate of drug-likeness (QED) is 0.666. The SMILES string of the molecule is CCCN(C(=O)C1CCCCCC1)c1ccccc1N. The molecule has 2 N–H and O–H groups in total. The maximum atomic E-state index is 12.9. The number of nitrogens with zero attached hydrogens (tertiary/aromatic N) is 1. The highest BCUT2D eigenvalue weighted by molar-refractivity contribution is 5.97. The molecule has 1 fully saturated rings. The van der Waals surface area contributed by atoms with Crippen molar-refractivity contribution in [1.82, 2.24) is 0 Å². The molecule has 3 nitrogen and oxygen atoms in total. The Labute approximate surface area is 122 Å². The highest BCUT2D eigenvalue weighted by Crippen LogP contribution is 2.29. The molecule has 2 rings (SSSR count). The van der Waals surface area contributed by atoms with Crippen LogP contribution in [0.4, 0.5) is 11.4 Å². The monoisotopic (exact) mass is 274 g/mol. The first kappa shape index (κ1) is 14.9. The second kappa shape index (κ2) is 7.32. The van der Waals surface area contributed by atoms with Crippen molar-refractivity contribution in [3.63, 3.8) is 0 Å². The van der Waals surface area contributed by atoms with Crippen molar-refractivity contribution in [2.75, 3.05) is 17.2 Å². The molecule has 1 aromatic rings. The second-order valence-electron chi connectivity index (χ2n) is 5.74. The number of anilines is 2. The maximum absolute atomic E-state index is 12.9. The summed E-state index contributed by atoms with van der Waals surface area (Å²) in [6, 6.07) is 7.70. The van der Waals surface area contributed by atoms with E-state index >= 15 is 0 Å². The highest BCUT2D eigenvalue weighted by atomic mass is 16.2. The van der Waals surface area contributed by atoms with Crippen molar-refractivity contribution in [3.8, 4) is 0 Å². The van der Waals surface area contributed by atoms with E-state index < -0.39 is 0 Å². The van der Waals surface area contributed by atoms with Gasteiger partial charge in [-0.3, -0.25) is 4.79 Å². The molecule has 0 aromatic heterocycles. The number of para-hydroxylation sites is 2. The van der Waals surface area contributed by atoms with E-state index in [-0.39, 0.29) is 11.8 Å². The van der Waals surface area contributed by atoms with E-state index in [9.17, 15) is 4.79 Å². The molecule has 110 valence electrons. The fraction of sp³-hybridized carbons (Fsp3) is 0.588. The van der Waals surface area contributed by atoms with E-state index in [4.69, 9.17) is 5.73 Å². The Kier molecular flexibility index (Phi) is 5.45. The molecule has 0 atom stereocenters. The number of benzene rings is 1. The second-order valence-corrected chi connectivity index (χ2v) is 5.74. The minimum absolute atomic E-state index is 0.184. The number of amides is 1. The van der Waals surface area contributed by atoms with Crippen LogP contribution in [0.2, 0.25) is 0 Å². The number of nitrogens with two attached hydrogens (primary N) is 1. The van der Waals surface area contributed by atoms with Gasteiger partial charge in [-0.2, -0.15) is 0 Å². The number of hydrogen-bond donors (Lipinski definition) is 1. The lowest BCUT2D eigenvalue weighted by atomic mass is 9.98. The first-order valence-electron chi connectivity index (χ1n) is 7.90. The predicted molar refractivity (Wildman–Crippen MR) is 84.7 cm³/mol. The fourth-order valence-corrected chi connectivity index (χ4v) is 3.05. The summed E-state index contributed by atoms with van der Waals surface area (Å²) in [5.74, 6) is 0.454. The summed E-state index contributed by atoms with van der Waals surface area (Å²) in [4.78, 5) is 14.8. The van der Waals surface area contributed by atoms with Crippen LogP contribution in [0.3, 0.4) is 0 Å². The molecule has 1 amide bonds. The van der Waals surface area contributed by atoms with Gasteiger partial charge < -0.3 is 10.6 Å². The van der Waals surface area contributed by atoms with E-state index in [1.54, 1.807) is 0 Å². The summed E-state index contributed by atoms with van der Waals surface area (Å²) in [5, 5.41) is 0. The van der Waals surface area contributed by atoms with Crippen LogP contribution in [0, 0.1) is 5.92 Å². The van der Waals surface area contributed by atoms with Crippen molar-refractivity contribution in [2.45, 2.75) is 51.9 Å². The minimum atomic E-state index is 0.184. The molecule has 0 saturated heterocycles. The average Bonchev–Trinajstić information content (AvgIpc) is 2.74. The van der Waals surface area contributed by atoms with Crippen LogP contribution in [0.15, 0.2) is 24.3 Å². The standard InChI is InChI=1S/C17H26N2O/c1-2-13-19(16-12-8-7-11-15(16)18)17(20)14-9-5-3-4-6-10-14/h7-8,11-12,14H,2-6,9-10,13,18H2,1H3. The number of nitrogen functional groups attached to an aromatic ring is 1. The summed E-state index contributed by atoms with van der Waals surface area (Å²) in [6.07, 6.45) is 7.92. The molecule has 1 aliphatic carbocycles. The molecule has 1 aromatic carbocycles. The van der Waals surface area contributed by atoms with Crippen LogP contribution in [0.1, 0.15) is 51.9 Å². The number of carbonyl (C=O) groups is 1. The Bertz CT molecular complexity index is 436.